The Morgan fingerprint density at radius 2 is 1.95 bits per heavy atom. The third-order valence-corrected chi connectivity index (χ3v) is 3.38. The molecule has 1 aromatic carbocycles. The van der Waals surface area contributed by atoms with Gasteiger partial charge in [0.25, 0.3) is 5.56 Å². The summed E-state index contributed by atoms with van der Waals surface area (Å²) in [6.45, 7) is 3.84. The minimum absolute atomic E-state index is 0.00131. The summed E-state index contributed by atoms with van der Waals surface area (Å²) in [6, 6.07) is 9.14. The van der Waals surface area contributed by atoms with Gasteiger partial charge >= 0.3 is 0 Å². The average Bonchev–Trinajstić information content (AvgIpc) is 2.70. The molecule has 0 saturated carbocycles. The lowest BCUT2D eigenvalue weighted by Gasteiger charge is -2.07. The molecular weight excluding hydrogens is 282 g/mol. The number of ketones is 1. The van der Waals surface area contributed by atoms with Crippen LogP contribution in [0.5, 0.6) is 0 Å². The third kappa shape index (κ3) is 2.81. The minimum atomic E-state index is -0.460. The highest BCUT2D eigenvalue weighted by atomic mass is 16.5. The van der Waals surface area contributed by atoms with Gasteiger partial charge in [-0.2, -0.15) is 0 Å². The second-order valence-corrected chi connectivity index (χ2v) is 4.78. The first-order chi connectivity index (χ1) is 10.5. The monoisotopic (exact) mass is 301 g/mol. The molecule has 2 N–H and O–H groups in total. The standard InChI is InChI=1S/C16H19N3O3/c1-4-22-14(17)10-13(20)15-11(2)18(3)19(16(15)21)12-8-6-5-7-9-12/h5-10H,4,17H2,1-3H3/b14-10+. The van der Waals surface area contributed by atoms with Crippen molar-refractivity contribution in [1.29, 1.82) is 0 Å². The number of nitrogens with zero attached hydrogens (tertiary/aromatic N) is 2. The van der Waals surface area contributed by atoms with Gasteiger partial charge in [-0.1, -0.05) is 18.2 Å². The van der Waals surface area contributed by atoms with Crippen molar-refractivity contribution in [1.82, 2.24) is 9.36 Å². The van der Waals surface area contributed by atoms with Crippen LogP contribution in [0, 0.1) is 6.92 Å². The lowest BCUT2D eigenvalue weighted by atomic mass is 10.1. The summed E-state index contributed by atoms with van der Waals surface area (Å²) in [4.78, 5) is 24.9. The van der Waals surface area contributed by atoms with E-state index < -0.39 is 5.78 Å². The van der Waals surface area contributed by atoms with Gasteiger partial charge in [0.1, 0.15) is 5.56 Å². The fourth-order valence-corrected chi connectivity index (χ4v) is 2.26. The molecule has 0 spiro atoms. The quantitative estimate of drug-likeness (QED) is 0.516. The molecule has 0 bridgehead atoms. The van der Waals surface area contributed by atoms with Crippen molar-refractivity contribution in [2.24, 2.45) is 12.8 Å². The van der Waals surface area contributed by atoms with Gasteiger partial charge in [-0.05, 0) is 26.0 Å². The molecule has 0 aliphatic rings. The van der Waals surface area contributed by atoms with E-state index in [2.05, 4.69) is 0 Å². The lowest BCUT2D eigenvalue weighted by molar-refractivity contribution is 0.103. The number of nitrogens with two attached hydrogens (primary N) is 1. The Hall–Kier alpha value is -2.76. The van der Waals surface area contributed by atoms with Crippen LogP contribution in [0.1, 0.15) is 23.0 Å². The highest BCUT2D eigenvalue weighted by molar-refractivity contribution is 6.05. The molecule has 1 aromatic heterocycles. The van der Waals surface area contributed by atoms with Crippen LogP contribution in [0.3, 0.4) is 0 Å². The Balaban J connectivity index is 2.54. The molecule has 2 aromatic rings. The van der Waals surface area contributed by atoms with Gasteiger partial charge in [-0.25, -0.2) is 4.68 Å². The van der Waals surface area contributed by atoms with Crippen molar-refractivity contribution in [2.75, 3.05) is 6.61 Å². The van der Waals surface area contributed by atoms with Crippen molar-refractivity contribution in [3.05, 3.63) is 63.9 Å². The second-order valence-electron chi connectivity index (χ2n) is 4.78. The Morgan fingerprint density at radius 3 is 2.55 bits per heavy atom. The molecule has 0 unspecified atom stereocenters. The number of carbonyl (C=O) groups is 1. The minimum Gasteiger partial charge on any atom is -0.480 e. The summed E-state index contributed by atoms with van der Waals surface area (Å²) in [6.07, 6.45) is 1.14. The number of aromatic nitrogens is 2. The van der Waals surface area contributed by atoms with Crippen molar-refractivity contribution in [3.63, 3.8) is 0 Å². The van der Waals surface area contributed by atoms with Crippen molar-refractivity contribution >= 4 is 5.78 Å². The predicted molar refractivity (Wildman–Crippen MR) is 84.0 cm³/mol. The Bertz CT molecular complexity index is 770. The van der Waals surface area contributed by atoms with Gasteiger partial charge in [-0.3, -0.25) is 14.3 Å². The third-order valence-electron chi connectivity index (χ3n) is 3.38. The van der Waals surface area contributed by atoms with Crippen LogP contribution in [0.4, 0.5) is 0 Å². The number of para-hydroxylation sites is 1. The van der Waals surface area contributed by atoms with Crippen LogP contribution in [-0.4, -0.2) is 21.8 Å². The summed E-state index contributed by atoms with van der Waals surface area (Å²) in [5.74, 6) is -0.458. The van der Waals surface area contributed by atoms with Crippen LogP contribution in [0.25, 0.3) is 5.69 Å². The van der Waals surface area contributed by atoms with Crippen molar-refractivity contribution in [2.45, 2.75) is 13.8 Å². The molecule has 6 heteroatoms. The zero-order valence-electron chi connectivity index (χ0n) is 12.9. The van der Waals surface area contributed by atoms with Gasteiger partial charge in [0.15, 0.2) is 11.7 Å². The Kier molecular flexibility index (Phi) is 4.50. The normalized spacial score (nSPS) is 11.5. The van der Waals surface area contributed by atoms with Crippen LogP contribution in [0.15, 0.2) is 47.1 Å². The average molecular weight is 301 g/mol. The highest BCUT2D eigenvalue weighted by Gasteiger charge is 2.21. The van der Waals surface area contributed by atoms with Crippen LogP contribution < -0.4 is 11.3 Å². The molecule has 0 aliphatic heterocycles. The largest absolute Gasteiger partial charge is 0.480 e. The molecule has 1 heterocycles. The Labute approximate surface area is 128 Å². The molecule has 0 amide bonds. The first-order valence-corrected chi connectivity index (χ1v) is 6.95. The fraction of sp³-hybridized carbons (Fsp3) is 0.250. The van der Waals surface area contributed by atoms with Crippen LogP contribution >= 0.6 is 0 Å². The van der Waals surface area contributed by atoms with Gasteiger partial charge in [-0.15, -0.1) is 0 Å². The number of allylic oxidation sites excluding steroid dienone is 1. The maximum atomic E-state index is 12.6. The fourth-order valence-electron chi connectivity index (χ4n) is 2.26. The summed E-state index contributed by atoms with van der Waals surface area (Å²) in [5.41, 5.74) is 6.56. The number of ether oxygens (including phenoxy) is 1. The molecule has 0 fully saturated rings. The molecule has 0 saturated heterocycles. The molecule has 22 heavy (non-hydrogen) atoms. The molecule has 2 rings (SSSR count). The maximum absolute atomic E-state index is 12.6. The first-order valence-electron chi connectivity index (χ1n) is 6.95. The molecule has 116 valence electrons. The van der Waals surface area contributed by atoms with E-state index in [1.54, 1.807) is 37.7 Å². The van der Waals surface area contributed by atoms with E-state index in [0.717, 1.165) is 6.08 Å². The van der Waals surface area contributed by atoms with E-state index in [-0.39, 0.29) is 17.0 Å². The number of hydrogen-bond donors (Lipinski definition) is 1. The van der Waals surface area contributed by atoms with Gasteiger partial charge in [0.2, 0.25) is 0 Å². The second kappa shape index (κ2) is 6.34. The Morgan fingerprint density at radius 1 is 1.32 bits per heavy atom. The van der Waals surface area contributed by atoms with Crippen molar-refractivity contribution in [3.8, 4) is 5.69 Å². The number of carbonyl (C=O) groups excluding carboxylic acids is 1. The van der Waals surface area contributed by atoms with E-state index in [9.17, 15) is 9.59 Å². The van der Waals surface area contributed by atoms with Crippen LogP contribution in [-0.2, 0) is 11.8 Å². The van der Waals surface area contributed by atoms with E-state index in [4.69, 9.17) is 10.5 Å². The predicted octanol–water partition coefficient (Wildman–Crippen LogP) is 1.50. The highest BCUT2D eigenvalue weighted by Crippen LogP contribution is 2.11. The summed E-state index contributed by atoms with van der Waals surface area (Å²) >= 11 is 0. The van der Waals surface area contributed by atoms with Gasteiger partial charge in [0.05, 0.1) is 12.3 Å². The lowest BCUT2D eigenvalue weighted by Crippen LogP contribution is -2.22. The van der Waals surface area contributed by atoms with E-state index in [0.29, 0.717) is 18.0 Å². The number of rotatable bonds is 5. The zero-order chi connectivity index (χ0) is 16.3. The topological polar surface area (TPSA) is 79.2 Å². The molecule has 0 radical (unpaired) electrons. The number of benzene rings is 1. The van der Waals surface area contributed by atoms with Crippen molar-refractivity contribution < 1.29 is 9.53 Å². The molecule has 0 aliphatic carbocycles. The van der Waals surface area contributed by atoms with Gasteiger partial charge in [0, 0.05) is 18.8 Å². The molecule has 0 atom stereocenters. The summed E-state index contributed by atoms with van der Waals surface area (Å²) in [7, 11) is 1.73. The van der Waals surface area contributed by atoms with E-state index in [1.807, 2.05) is 18.2 Å². The maximum Gasteiger partial charge on any atom is 0.282 e. The summed E-state index contributed by atoms with van der Waals surface area (Å²) in [5, 5.41) is 0. The smallest absolute Gasteiger partial charge is 0.282 e. The van der Waals surface area contributed by atoms with E-state index in [1.165, 1.54) is 4.68 Å². The first kappa shape index (κ1) is 15.6. The van der Waals surface area contributed by atoms with Gasteiger partial charge < -0.3 is 10.5 Å². The van der Waals surface area contributed by atoms with Crippen LogP contribution in [0.2, 0.25) is 0 Å². The number of hydrogen-bond acceptors (Lipinski definition) is 4. The SMILES string of the molecule is CCO/C(N)=C/C(=O)c1c(C)n(C)n(-c2ccccc2)c1=O. The molecular formula is C16H19N3O3. The molecule has 6 nitrogen and oxygen atoms in total. The van der Waals surface area contributed by atoms with E-state index >= 15 is 0 Å². The summed E-state index contributed by atoms with van der Waals surface area (Å²) < 4.78 is 8.14. The zero-order valence-corrected chi connectivity index (χ0v) is 12.9.